The third-order valence-corrected chi connectivity index (χ3v) is 2.14. The molecule has 0 aromatic rings. The van der Waals surface area contributed by atoms with Gasteiger partial charge in [-0.15, -0.1) is 0 Å². The molecule has 0 heterocycles. The van der Waals surface area contributed by atoms with E-state index in [1.54, 1.807) is 0 Å². The summed E-state index contributed by atoms with van der Waals surface area (Å²) in [6, 6.07) is 0. The lowest BCUT2D eigenvalue weighted by Gasteiger charge is -2.02. The zero-order valence-corrected chi connectivity index (χ0v) is 8.98. The minimum atomic E-state index is 0.399. The Morgan fingerprint density at radius 3 is 2.08 bits per heavy atom. The van der Waals surface area contributed by atoms with Crippen LogP contribution in [0, 0.1) is 0 Å². The van der Waals surface area contributed by atoms with Crippen LogP contribution in [-0.4, -0.2) is 19.8 Å². The average Bonchev–Trinajstić information content (AvgIpc) is 2.16. The van der Waals surface area contributed by atoms with Gasteiger partial charge in [0.05, 0.1) is 6.61 Å². The molecule has 79 valence electrons. The maximum absolute atomic E-state index is 6.87. The van der Waals surface area contributed by atoms with Gasteiger partial charge in [-0.3, -0.25) is 5.73 Å². The van der Waals surface area contributed by atoms with Gasteiger partial charge in [-0.05, 0) is 6.42 Å². The molecule has 0 rings (SSSR count). The Hall–Kier alpha value is -0.0800. The fourth-order valence-electron chi connectivity index (χ4n) is 1.34. The van der Waals surface area contributed by atoms with Gasteiger partial charge >= 0.3 is 0 Å². The highest BCUT2D eigenvalue weighted by molar-refractivity contribution is 4.44. The molecule has 0 aliphatic rings. The third-order valence-electron chi connectivity index (χ3n) is 2.14. The van der Waals surface area contributed by atoms with E-state index in [1.807, 2.05) is 0 Å². The zero-order valence-electron chi connectivity index (χ0n) is 8.98. The van der Waals surface area contributed by atoms with Gasteiger partial charge in [0.25, 0.3) is 0 Å². The van der Waals surface area contributed by atoms with E-state index in [0.29, 0.717) is 13.2 Å². The van der Waals surface area contributed by atoms with Crippen LogP contribution in [-0.2, 0) is 4.74 Å². The smallest absolute Gasteiger partial charge is 0.0604 e. The van der Waals surface area contributed by atoms with Crippen LogP contribution in [0.3, 0.4) is 0 Å². The number of unbranched alkanes of at least 4 members (excludes halogenated alkanes) is 6. The summed E-state index contributed by atoms with van der Waals surface area (Å²) in [7, 11) is 0. The molecule has 13 heavy (non-hydrogen) atoms. The lowest BCUT2D eigenvalue weighted by atomic mass is 10.1. The summed E-state index contributed by atoms with van der Waals surface area (Å²) in [5, 5.41) is 0. The van der Waals surface area contributed by atoms with Gasteiger partial charge in [-0.2, -0.15) is 0 Å². The molecule has 0 spiro atoms. The van der Waals surface area contributed by atoms with Crippen molar-refractivity contribution < 1.29 is 4.74 Å². The second kappa shape index (κ2) is 11.9. The van der Waals surface area contributed by atoms with Crippen molar-refractivity contribution in [2.75, 3.05) is 19.8 Å². The van der Waals surface area contributed by atoms with Crippen LogP contribution < -0.4 is 5.73 Å². The van der Waals surface area contributed by atoms with Gasteiger partial charge < -0.3 is 4.74 Å². The fourth-order valence-corrected chi connectivity index (χ4v) is 1.34. The molecule has 0 bridgehead atoms. The maximum Gasteiger partial charge on any atom is 0.0604 e. The summed E-state index contributed by atoms with van der Waals surface area (Å²) < 4.78 is 5.22. The third kappa shape index (κ3) is 11.9. The second-order valence-electron chi connectivity index (χ2n) is 3.48. The molecule has 0 aliphatic carbocycles. The van der Waals surface area contributed by atoms with Crippen molar-refractivity contribution in [2.45, 2.75) is 51.9 Å². The summed E-state index contributed by atoms with van der Waals surface area (Å²) in [5.74, 6) is 0. The first kappa shape index (κ1) is 12.9. The van der Waals surface area contributed by atoms with E-state index in [1.165, 1.54) is 44.9 Å². The Bertz CT molecular complexity index is 76.2. The molecule has 0 aromatic heterocycles. The van der Waals surface area contributed by atoms with Gasteiger partial charge in [0.1, 0.15) is 0 Å². The van der Waals surface area contributed by atoms with E-state index in [2.05, 4.69) is 6.92 Å². The first-order valence-corrected chi connectivity index (χ1v) is 5.64. The average molecular weight is 186 g/mol. The highest BCUT2D eigenvalue weighted by Gasteiger charge is 1.90. The summed E-state index contributed by atoms with van der Waals surface area (Å²) in [5.41, 5.74) is 6.87. The van der Waals surface area contributed by atoms with Crippen molar-refractivity contribution >= 4 is 0 Å². The Kier molecular flexibility index (Phi) is 11.8. The lowest BCUT2D eigenvalue weighted by molar-refractivity contribution is 0.136. The molecule has 1 N–H and O–H groups in total. The standard InChI is InChI=1S/C11H24NO/c1-2-3-4-5-6-7-8-10-13-11-9-12/h12H,2-11H2,1H3. The molecule has 0 aliphatic heterocycles. The van der Waals surface area contributed by atoms with Crippen LogP contribution in [0.4, 0.5) is 0 Å². The summed E-state index contributed by atoms with van der Waals surface area (Å²) >= 11 is 0. The second-order valence-corrected chi connectivity index (χ2v) is 3.48. The molecule has 0 fully saturated rings. The SMILES string of the molecule is CCCCCCCCCOCC[NH]. The van der Waals surface area contributed by atoms with Gasteiger partial charge in [0.2, 0.25) is 0 Å². The van der Waals surface area contributed by atoms with Crippen molar-refractivity contribution in [3.05, 3.63) is 0 Å². The number of hydrogen-bond donors (Lipinski definition) is 0. The normalized spacial score (nSPS) is 10.6. The monoisotopic (exact) mass is 186 g/mol. The lowest BCUT2D eigenvalue weighted by Crippen LogP contribution is -2.01. The van der Waals surface area contributed by atoms with Crippen molar-refractivity contribution in [3.63, 3.8) is 0 Å². The molecule has 0 atom stereocenters. The summed E-state index contributed by atoms with van der Waals surface area (Å²) in [4.78, 5) is 0. The minimum absolute atomic E-state index is 0.399. The Morgan fingerprint density at radius 2 is 1.46 bits per heavy atom. The Morgan fingerprint density at radius 1 is 0.846 bits per heavy atom. The van der Waals surface area contributed by atoms with E-state index in [9.17, 15) is 0 Å². The molecule has 1 radical (unpaired) electrons. The summed E-state index contributed by atoms with van der Waals surface area (Å²) in [6.45, 7) is 4.10. The van der Waals surface area contributed by atoms with Crippen LogP contribution in [0.25, 0.3) is 0 Å². The van der Waals surface area contributed by atoms with E-state index in [4.69, 9.17) is 10.5 Å². The van der Waals surface area contributed by atoms with E-state index in [-0.39, 0.29) is 0 Å². The highest BCUT2D eigenvalue weighted by Crippen LogP contribution is 2.06. The quantitative estimate of drug-likeness (QED) is 0.483. The molecular weight excluding hydrogens is 162 g/mol. The van der Waals surface area contributed by atoms with Gasteiger partial charge in [0, 0.05) is 13.2 Å². The van der Waals surface area contributed by atoms with E-state index in [0.717, 1.165) is 6.61 Å². The number of rotatable bonds is 10. The molecule has 0 unspecified atom stereocenters. The largest absolute Gasteiger partial charge is 0.380 e. The maximum atomic E-state index is 6.87. The molecule has 0 aromatic carbocycles. The van der Waals surface area contributed by atoms with Crippen LogP contribution in [0.1, 0.15) is 51.9 Å². The van der Waals surface area contributed by atoms with E-state index < -0.39 is 0 Å². The van der Waals surface area contributed by atoms with Crippen molar-refractivity contribution in [1.82, 2.24) is 5.73 Å². The van der Waals surface area contributed by atoms with Gasteiger partial charge in [0.15, 0.2) is 0 Å². The first-order chi connectivity index (χ1) is 6.41. The molecule has 0 saturated carbocycles. The Labute approximate surface area is 82.8 Å². The van der Waals surface area contributed by atoms with Gasteiger partial charge in [-0.1, -0.05) is 45.4 Å². The fraction of sp³-hybridized carbons (Fsp3) is 1.00. The van der Waals surface area contributed by atoms with Crippen molar-refractivity contribution in [3.8, 4) is 0 Å². The highest BCUT2D eigenvalue weighted by atomic mass is 16.5. The predicted octanol–water partition coefficient (Wildman–Crippen LogP) is 3.04. The van der Waals surface area contributed by atoms with Crippen molar-refractivity contribution in [1.29, 1.82) is 0 Å². The topological polar surface area (TPSA) is 33.0 Å². The molecule has 0 amide bonds. The van der Waals surface area contributed by atoms with Crippen LogP contribution in [0.5, 0.6) is 0 Å². The van der Waals surface area contributed by atoms with Crippen LogP contribution >= 0.6 is 0 Å². The van der Waals surface area contributed by atoms with Crippen LogP contribution in [0.2, 0.25) is 0 Å². The predicted molar refractivity (Wildman–Crippen MR) is 56.8 cm³/mol. The number of hydrogen-bond acceptors (Lipinski definition) is 1. The molecular formula is C11H24NO. The Balaban J connectivity index is 2.76. The van der Waals surface area contributed by atoms with Gasteiger partial charge in [-0.25, -0.2) is 0 Å². The summed E-state index contributed by atoms with van der Waals surface area (Å²) in [6.07, 6.45) is 9.30. The van der Waals surface area contributed by atoms with E-state index >= 15 is 0 Å². The molecule has 2 nitrogen and oxygen atoms in total. The first-order valence-electron chi connectivity index (χ1n) is 5.64. The van der Waals surface area contributed by atoms with Crippen LogP contribution in [0.15, 0.2) is 0 Å². The molecule has 0 saturated heterocycles. The molecule has 2 heteroatoms. The minimum Gasteiger partial charge on any atom is -0.380 e. The van der Waals surface area contributed by atoms with Crippen molar-refractivity contribution in [2.24, 2.45) is 0 Å². The number of ether oxygens (including phenoxy) is 1. The number of nitrogens with one attached hydrogen (secondary N) is 1. The zero-order chi connectivity index (χ0) is 9.78.